The Hall–Kier alpha value is -1.83. The van der Waals surface area contributed by atoms with Crippen molar-refractivity contribution in [3.05, 3.63) is 58.1 Å². The Balaban J connectivity index is 2.11. The number of carbonyl (C=O) groups is 1. The number of hydrogen-bond donors (Lipinski definition) is 1. The lowest BCUT2D eigenvalue weighted by Crippen LogP contribution is -2.32. The molecule has 1 unspecified atom stereocenters. The molecule has 0 aliphatic carbocycles. The van der Waals surface area contributed by atoms with Crippen molar-refractivity contribution in [1.29, 1.82) is 0 Å². The molecule has 1 amide bonds. The van der Waals surface area contributed by atoms with Crippen molar-refractivity contribution in [2.75, 3.05) is 20.8 Å². The molecule has 2 rings (SSSR count). The number of amides is 1. The number of aliphatic hydroxyl groups is 1. The third kappa shape index (κ3) is 4.57. The van der Waals surface area contributed by atoms with E-state index < -0.39 is 5.92 Å². The number of hydrogen-bond acceptors (Lipinski definition) is 5. The zero-order valence-electron chi connectivity index (χ0n) is 12.9. The van der Waals surface area contributed by atoms with Crippen molar-refractivity contribution in [3.8, 4) is 0 Å². The molecule has 7 heteroatoms. The van der Waals surface area contributed by atoms with Gasteiger partial charge >= 0.3 is 0 Å². The summed E-state index contributed by atoms with van der Waals surface area (Å²) in [6.45, 7) is -0.276. The minimum Gasteiger partial charge on any atom is -0.395 e. The van der Waals surface area contributed by atoms with Crippen LogP contribution in [0, 0.1) is 0 Å². The minimum atomic E-state index is -0.641. The summed E-state index contributed by atoms with van der Waals surface area (Å²) in [5, 5.41) is 10.6. The second kappa shape index (κ2) is 8.14. The Morgan fingerprint density at radius 1 is 1.30 bits per heavy atom. The van der Waals surface area contributed by atoms with Gasteiger partial charge < -0.3 is 5.11 Å². The Labute approximate surface area is 143 Å². The SMILES string of the molecule is CON(C)C(=O)C(CO)c1ccc(Cc2ncc(Br)cn2)cc1. The largest absolute Gasteiger partial charge is 0.395 e. The molecule has 0 radical (unpaired) electrons. The summed E-state index contributed by atoms with van der Waals surface area (Å²) < 4.78 is 0.836. The predicted octanol–water partition coefficient (Wildman–Crippen LogP) is 1.93. The van der Waals surface area contributed by atoms with E-state index in [9.17, 15) is 9.90 Å². The Kier molecular flexibility index (Phi) is 6.20. The van der Waals surface area contributed by atoms with Crippen LogP contribution in [-0.4, -0.2) is 46.8 Å². The highest BCUT2D eigenvalue weighted by molar-refractivity contribution is 9.10. The average Bonchev–Trinajstić information content (AvgIpc) is 2.58. The van der Waals surface area contributed by atoms with Crippen LogP contribution in [0.3, 0.4) is 0 Å². The highest BCUT2D eigenvalue weighted by atomic mass is 79.9. The van der Waals surface area contributed by atoms with Gasteiger partial charge in [0.15, 0.2) is 0 Å². The van der Waals surface area contributed by atoms with Crippen LogP contribution in [0.15, 0.2) is 41.1 Å². The van der Waals surface area contributed by atoms with Crippen LogP contribution in [0.1, 0.15) is 22.9 Å². The quantitative estimate of drug-likeness (QED) is 0.776. The Morgan fingerprint density at radius 2 is 1.91 bits per heavy atom. The van der Waals surface area contributed by atoms with E-state index in [2.05, 4.69) is 25.9 Å². The number of carbonyl (C=O) groups excluding carboxylic acids is 1. The van der Waals surface area contributed by atoms with Crippen molar-refractivity contribution in [2.24, 2.45) is 0 Å². The predicted molar refractivity (Wildman–Crippen MR) is 88.6 cm³/mol. The molecule has 0 aliphatic heterocycles. The van der Waals surface area contributed by atoms with Gasteiger partial charge in [-0.3, -0.25) is 9.63 Å². The maximum atomic E-state index is 12.1. The van der Waals surface area contributed by atoms with Crippen LogP contribution in [0.5, 0.6) is 0 Å². The first-order valence-electron chi connectivity index (χ1n) is 7.03. The van der Waals surface area contributed by atoms with Gasteiger partial charge in [-0.05, 0) is 27.1 Å². The molecule has 0 spiro atoms. The zero-order valence-corrected chi connectivity index (χ0v) is 14.5. The van der Waals surface area contributed by atoms with Gasteiger partial charge in [0.2, 0.25) is 0 Å². The summed E-state index contributed by atoms with van der Waals surface area (Å²) in [5.74, 6) is -0.216. The summed E-state index contributed by atoms with van der Waals surface area (Å²) in [5.41, 5.74) is 1.77. The summed E-state index contributed by atoms with van der Waals surface area (Å²) in [6, 6.07) is 7.47. The first-order valence-corrected chi connectivity index (χ1v) is 7.82. The van der Waals surface area contributed by atoms with E-state index in [0.717, 1.165) is 26.5 Å². The monoisotopic (exact) mass is 379 g/mol. The van der Waals surface area contributed by atoms with Gasteiger partial charge in [-0.25, -0.2) is 15.0 Å². The van der Waals surface area contributed by atoms with Gasteiger partial charge in [-0.2, -0.15) is 0 Å². The number of likely N-dealkylation sites (N-methyl/N-ethyl adjacent to an activating group) is 1. The molecule has 0 bridgehead atoms. The third-order valence-electron chi connectivity index (χ3n) is 3.48. The number of benzene rings is 1. The molecule has 1 N–H and O–H groups in total. The van der Waals surface area contributed by atoms with E-state index in [0.29, 0.717) is 6.42 Å². The molecular formula is C16H18BrN3O3. The molecule has 0 aliphatic rings. The van der Waals surface area contributed by atoms with Crippen LogP contribution in [-0.2, 0) is 16.1 Å². The van der Waals surface area contributed by atoms with Gasteiger partial charge in [-0.1, -0.05) is 24.3 Å². The second-order valence-corrected chi connectivity index (χ2v) is 5.90. The highest BCUT2D eigenvalue weighted by Gasteiger charge is 2.23. The van der Waals surface area contributed by atoms with E-state index in [1.54, 1.807) is 12.4 Å². The van der Waals surface area contributed by atoms with E-state index in [-0.39, 0.29) is 12.5 Å². The molecule has 0 saturated carbocycles. The van der Waals surface area contributed by atoms with Crippen molar-refractivity contribution in [3.63, 3.8) is 0 Å². The molecule has 122 valence electrons. The average molecular weight is 380 g/mol. The lowest BCUT2D eigenvalue weighted by Gasteiger charge is -2.20. The van der Waals surface area contributed by atoms with Crippen molar-refractivity contribution >= 4 is 21.8 Å². The molecule has 1 aromatic carbocycles. The molecule has 2 aromatic rings. The summed E-state index contributed by atoms with van der Waals surface area (Å²) in [4.78, 5) is 25.5. The fraction of sp³-hybridized carbons (Fsp3) is 0.312. The minimum absolute atomic E-state index is 0.276. The summed E-state index contributed by atoms with van der Waals surface area (Å²) in [7, 11) is 2.93. The van der Waals surface area contributed by atoms with Gasteiger partial charge in [0, 0.05) is 25.9 Å². The molecule has 1 atom stereocenters. The summed E-state index contributed by atoms with van der Waals surface area (Å²) in [6.07, 6.45) is 4.01. The standard InChI is InChI=1S/C16H18BrN3O3/c1-20(23-2)16(22)14(10-21)12-5-3-11(4-6-12)7-15-18-8-13(17)9-19-15/h3-6,8-9,14,21H,7,10H2,1-2H3. The molecule has 0 saturated heterocycles. The fourth-order valence-electron chi connectivity index (χ4n) is 2.12. The number of aliphatic hydroxyl groups excluding tert-OH is 1. The molecule has 1 aromatic heterocycles. The molecule has 0 fully saturated rings. The van der Waals surface area contributed by atoms with Crippen molar-refractivity contribution in [2.45, 2.75) is 12.3 Å². The molecule has 6 nitrogen and oxygen atoms in total. The maximum Gasteiger partial charge on any atom is 0.255 e. The van der Waals surface area contributed by atoms with Gasteiger partial charge in [0.1, 0.15) is 5.82 Å². The number of halogens is 1. The Bertz CT molecular complexity index is 647. The van der Waals surface area contributed by atoms with E-state index in [4.69, 9.17) is 4.84 Å². The smallest absolute Gasteiger partial charge is 0.255 e. The Morgan fingerprint density at radius 3 is 2.43 bits per heavy atom. The number of nitrogens with zero attached hydrogens (tertiary/aromatic N) is 3. The number of hydroxylamine groups is 2. The normalized spacial score (nSPS) is 12.0. The lowest BCUT2D eigenvalue weighted by atomic mass is 9.97. The molecule has 1 heterocycles. The first kappa shape index (κ1) is 17.5. The lowest BCUT2D eigenvalue weighted by molar-refractivity contribution is -0.171. The second-order valence-electron chi connectivity index (χ2n) is 4.99. The van der Waals surface area contributed by atoms with Crippen LogP contribution in [0.25, 0.3) is 0 Å². The molecule has 23 heavy (non-hydrogen) atoms. The van der Waals surface area contributed by atoms with Crippen molar-refractivity contribution in [1.82, 2.24) is 15.0 Å². The van der Waals surface area contributed by atoms with Gasteiger partial charge in [0.25, 0.3) is 5.91 Å². The van der Waals surface area contributed by atoms with Crippen LogP contribution in [0.2, 0.25) is 0 Å². The summed E-state index contributed by atoms with van der Waals surface area (Å²) >= 11 is 3.30. The van der Waals surface area contributed by atoms with Crippen LogP contribution >= 0.6 is 15.9 Å². The topological polar surface area (TPSA) is 75.5 Å². The number of rotatable bonds is 6. The maximum absolute atomic E-state index is 12.1. The first-order chi connectivity index (χ1) is 11.0. The fourth-order valence-corrected chi connectivity index (χ4v) is 2.32. The van der Waals surface area contributed by atoms with Crippen LogP contribution < -0.4 is 0 Å². The highest BCUT2D eigenvalue weighted by Crippen LogP contribution is 2.19. The van der Waals surface area contributed by atoms with Gasteiger partial charge in [-0.15, -0.1) is 0 Å². The zero-order chi connectivity index (χ0) is 16.8. The number of aromatic nitrogens is 2. The van der Waals surface area contributed by atoms with E-state index in [1.807, 2.05) is 24.3 Å². The van der Waals surface area contributed by atoms with E-state index in [1.165, 1.54) is 14.2 Å². The third-order valence-corrected chi connectivity index (χ3v) is 3.89. The van der Waals surface area contributed by atoms with Crippen LogP contribution in [0.4, 0.5) is 0 Å². The molecular weight excluding hydrogens is 362 g/mol. The van der Waals surface area contributed by atoms with Crippen molar-refractivity contribution < 1.29 is 14.7 Å². The van der Waals surface area contributed by atoms with Gasteiger partial charge in [0.05, 0.1) is 24.1 Å². The van der Waals surface area contributed by atoms with E-state index >= 15 is 0 Å².